The van der Waals surface area contributed by atoms with Crippen LogP contribution in [-0.2, 0) is 14.8 Å². The fourth-order valence-corrected chi connectivity index (χ4v) is 2.80. The number of rotatable bonds is 6. The highest BCUT2D eigenvalue weighted by molar-refractivity contribution is 7.89. The molecular weight excluding hydrogens is 216 g/mol. The lowest BCUT2D eigenvalue weighted by atomic mass is 10.2. The molecule has 5 nitrogen and oxygen atoms in total. The molecule has 0 amide bonds. The molecule has 0 aromatic carbocycles. The van der Waals surface area contributed by atoms with Gasteiger partial charge in [0.05, 0.1) is 11.9 Å². The van der Waals surface area contributed by atoms with Crippen molar-refractivity contribution in [2.24, 2.45) is 5.73 Å². The summed E-state index contributed by atoms with van der Waals surface area (Å²) in [6.45, 7) is 2.92. The normalized spacial score (nSPS) is 24.3. The zero-order valence-electron chi connectivity index (χ0n) is 9.11. The van der Waals surface area contributed by atoms with E-state index in [-0.39, 0.29) is 17.9 Å². The predicted octanol–water partition coefficient (Wildman–Crippen LogP) is -0.178. The van der Waals surface area contributed by atoms with Gasteiger partial charge in [0.25, 0.3) is 0 Å². The first kappa shape index (κ1) is 12.9. The predicted molar refractivity (Wildman–Crippen MR) is 59.0 cm³/mol. The summed E-state index contributed by atoms with van der Waals surface area (Å²) in [5, 5.41) is 0. The summed E-state index contributed by atoms with van der Waals surface area (Å²) < 4.78 is 30.9. The Balaban J connectivity index is 2.31. The van der Waals surface area contributed by atoms with Crippen molar-refractivity contribution in [3.8, 4) is 0 Å². The Morgan fingerprint density at radius 1 is 1.60 bits per heavy atom. The van der Waals surface area contributed by atoms with Gasteiger partial charge in [-0.15, -0.1) is 0 Å². The average molecular weight is 236 g/mol. The van der Waals surface area contributed by atoms with E-state index in [0.717, 1.165) is 19.3 Å². The van der Waals surface area contributed by atoms with Crippen molar-refractivity contribution < 1.29 is 13.2 Å². The zero-order valence-corrected chi connectivity index (χ0v) is 9.92. The lowest BCUT2D eigenvalue weighted by molar-refractivity contribution is 0.127. The minimum absolute atomic E-state index is 0.0590. The largest absolute Gasteiger partial charge is 0.377 e. The fourth-order valence-electron chi connectivity index (χ4n) is 1.46. The van der Waals surface area contributed by atoms with Crippen molar-refractivity contribution in [3.63, 3.8) is 0 Å². The van der Waals surface area contributed by atoms with Gasteiger partial charge in [0.1, 0.15) is 0 Å². The molecule has 0 saturated carbocycles. The van der Waals surface area contributed by atoms with E-state index >= 15 is 0 Å². The molecule has 1 heterocycles. The van der Waals surface area contributed by atoms with Crippen LogP contribution in [-0.4, -0.2) is 39.5 Å². The number of nitrogens with two attached hydrogens (primary N) is 1. The highest BCUT2D eigenvalue weighted by Crippen LogP contribution is 2.13. The molecule has 1 fully saturated rings. The van der Waals surface area contributed by atoms with Crippen LogP contribution in [0.3, 0.4) is 0 Å². The molecule has 0 aromatic rings. The van der Waals surface area contributed by atoms with Crippen LogP contribution in [0.25, 0.3) is 0 Å². The maximum atomic E-state index is 11.6. The minimum Gasteiger partial charge on any atom is -0.377 e. The Kier molecular flexibility index (Phi) is 4.98. The molecule has 2 atom stereocenters. The van der Waals surface area contributed by atoms with E-state index < -0.39 is 10.0 Å². The molecule has 0 bridgehead atoms. The number of hydrogen-bond acceptors (Lipinski definition) is 4. The van der Waals surface area contributed by atoms with Crippen molar-refractivity contribution in [3.05, 3.63) is 0 Å². The Morgan fingerprint density at radius 3 is 2.87 bits per heavy atom. The molecule has 0 radical (unpaired) electrons. The van der Waals surface area contributed by atoms with E-state index in [2.05, 4.69) is 4.72 Å². The lowest BCUT2D eigenvalue weighted by Crippen LogP contribution is -2.39. The molecule has 3 N–H and O–H groups in total. The number of nitrogens with one attached hydrogen (secondary N) is 1. The number of sulfonamides is 1. The molecule has 2 unspecified atom stereocenters. The summed E-state index contributed by atoms with van der Waals surface area (Å²) in [5.41, 5.74) is 5.63. The van der Waals surface area contributed by atoms with Crippen molar-refractivity contribution in [2.75, 3.05) is 18.9 Å². The molecule has 0 aromatic heterocycles. The second-order valence-corrected chi connectivity index (χ2v) is 5.78. The first-order valence-corrected chi connectivity index (χ1v) is 7.03. The van der Waals surface area contributed by atoms with Crippen LogP contribution >= 0.6 is 0 Å². The van der Waals surface area contributed by atoms with Gasteiger partial charge in [-0.05, 0) is 19.3 Å². The molecular formula is C9H20N2O3S. The molecule has 1 rings (SSSR count). The van der Waals surface area contributed by atoms with E-state index in [1.54, 1.807) is 0 Å². The topological polar surface area (TPSA) is 81.4 Å². The summed E-state index contributed by atoms with van der Waals surface area (Å²) in [7, 11) is -3.23. The molecule has 1 aliphatic heterocycles. The summed E-state index contributed by atoms with van der Waals surface area (Å²) in [5.74, 6) is 0.0590. The smallest absolute Gasteiger partial charge is 0.214 e. The quantitative estimate of drug-likeness (QED) is 0.670. The minimum atomic E-state index is -3.23. The van der Waals surface area contributed by atoms with Gasteiger partial charge in [-0.2, -0.15) is 0 Å². The van der Waals surface area contributed by atoms with Crippen LogP contribution in [0.2, 0.25) is 0 Å². The second-order valence-electron chi connectivity index (χ2n) is 3.93. The first-order valence-electron chi connectivity index (χ1n) is 5.38. The van der Waals surface area contributed by atoms with Gasteiger partial charge in [0, 0.05) is 19.2 Å². The third-order valence-corrected chi connectivity index (χ3v) is 3.94. The van der Waals surface area contributed by atoms with Crippen LogP contribution in [0.4, 0.5) is 0 Å². The van der Waals surface area contributed by atoms with E-state index in [1.165, 1.54) is 0 Å². The second kappa shape index (κ2) is 5.79. The van der Waals surface area contributed by atoms with Gasteiger partial charge in [-0.25, -0.2) is 13.1 Å². The molecule has 1 saturated heterocycles. The van der Waals surface area contributed by atoms with E-state index in [0.29, 0.717) is 13.2 Å². The molecule has 0 aliphatic carbocycles. The monoisotopic (exact) mass is 236 g/mol. The van der Waals surface area contributed by atoms with Gasteiger partial charge in [0.15, 0.2) is 0 Å². The van der Waals surface area contributed by atoms with Crippen LogP contribution in [0.15, 0.2) is 0 Å². The van der Waals surface area contributed by atoms with Gasteiger partial charge in [-0.3, -0.25) is 0 Å². The van der Waals surface area contributed by atoms with E-state index in [9.17, 15) is 8.42 Å². The average Bonchev–Trinajstić information content (AvgIpc) is 2.66. The van der Waals surface area contributed by atoms with E-state index in [1.807, 2.05) is 6.92 Å². The summed E-state index contributed by atoms with van der Waals surface area (Å²) >= 11 is 0. The van der Waals surface area contributed by atoms with Gasteiger partial charge >= 0.3 is 0 Å². The zero-order chi connectivity index (χ0) is 11.3. The summed E-state index contributed by atoms with van der Waals surface area (Å²) in [6.07, 6.45) is 2.41. The van der Waals surface area contributed by atoms with Crippen molar-refractivity contribution >= 4 is 10.0 Å². The van der Waals surface area contributed by atoms with Gasteiger partial charge in [-0.1, -0.05) is 6.92 Å². The van der Waals surface area contributed by atoms with Crippen molar-refractivity contribution in [2.45, 2.75) is 38.3 Å². The Bertz CT molecular complexity index is 273. The van der Waals surface area contributed by atoms with Gasteiger partial charge < -0.3 is 10.5 Å². The third-order valence-electron chi connectivity index (χ3n) is 2.52. The maximum absolute atomic E-state index is 11.6. The highest BCUT2D eigenvalue weighted by atomic mass is 32.2. The van der Waals surface area contributed by atoms with Crippen molar-refractivity contribution in [1.29, 1.82) is 0 Å². The fraction of sp³-hybridized carbons (Fsp3) is 1.00. The molecule has 90 valence electrons. The van der Waals surface area contributed by atoms with E-state index in [4.69, 9.17) is 10.5 Å². The molecule has 6 heteroatoms. The molecule has 0 spiro atoms. The Hall–Kier alpha value is -0.170. The highest BCUT2D eigenvalue weighted by Gasteiger charge is 2.23. The van der Waals surface area contributed by atoms with Gasteiger partial charge in [0.2, 0.25) is 10.0 Å². The van der Waals surface area contributed by atoms with Crippen LogP contribution in [0.5, 0.6) is 0 Å². The van der Waals surface area contributed by atoms with Crippen molar-refractivity contribution in [1.82, 2.24) is 4.72 Å². The summed E-state index contributed by atoms with van der Waals surface area (Å²) in [4.78, 5) is 0. The standard InChI is InChI=1S/C9H20N2O3S/c1-2-8(10)6-11-15(12,13)7-9-4-3-5-14-9/h8-9,11H,2-7,10H2,1H3. The Morgan fingerprint density at radius 2 is 2.33 bits per heavy atom. The first-order chi connectivity index (χ1) is 7.03. The molecule has 1 aliphatic rings. The maximum Gasteiger partial charge on any atom is 0.214 e. The Labute approximate surface area is 91.4 Å². The van der Waals surface area contributed by atoms with Crippen LogP contribution < -0.4 is 10.5 Å². The number of ether oxygens (including phenoxy) is 1. The molecule has 15 heavy (non-hydrogen) atoms. The third kappa shape index (κ3) is 4.92. The lowest BCUT2D eigenvalue weighted by Gasteiger charge is -2.13. The van der Waals surface area contributed by atoms with Crippen LogP contribution in [0, 0.1) is 0 Å². The summed E-state index contributed by atoms with van der Waals surface area (Å²) in [6, 6.07) is -0.107. The SMILES string of the molecule is CCC(N)CNS(=O)(=O)CC1CCCO1. The van der Waals surface area contributed by atoms with Crippen LogP contribution in [0.1, 0.15) is 26.2 Å². The number of hydrogen-bond donors (Lipinski definition) is 2.